The standard InChI is InChI=1S/C33H38N5O8P/c1-19(2)45-33(42)23(6)37-47(43,18-44-7)46-30-27(24-10-8-11-25(17-24)32(40)41)12-9-13-28(30)34-35-29-22(5)36-38(31(29)39)26-15-14-20(3)21(4)16-26/h8-17,19,23,36H,18H2,1-7H3,(H,37,43)(H,40,41)/t23-,47?/m0/s1. The minimum Gasteiger partial charge on any atom is -0.478 e. The third-order valence-electron chi connectivity index (χ3n) is 7.10. The second-order valence-electron chi connectivity index (χ2n) is 11.3. The number of carboxylic acid groups (broad SMARTS) is 1. The number of methoxy groups -OCH3 is 1. The Labute approximate surface area is 272 Å². The molecule has 248 valence electrons. The summed E-state index contributed by atoms with van der Waals surface area (Å²) in [4.78, 5) is 37.8. The zero-order chi connectivity index (χ0) is 34.5. The monoisotopic (exact) mass is 663 g/mol. The molecule has 1 unspecified atom stereocenters. The Morgan fingerprint density at radius 2 is 1.72 bits per heavy atom. The number of para-hydroxylation sites is 1. The van der Waals surface area contributed by atoms with E-state index in [4.69, 9.17) is 14.0 Å². The molecule has 1 aromatic heterocycles. The average molecular weight is 664 g/mol. The zero-order valence-electron chi connectivity index (χ0n) is 27.2. The van der Waals surface area contributed by atoms with Crippen LogP contribution in [0.1, 0.15) is 48.0 Å². The van der Waals surface area contributed by atoms with E-state index in [1.54, 1.807) is 51.1 Å². The predicted molar refractivity (Wildman–Crippen MR) is 178 cm³/mol. The van der Waals surface area contributed by atoms with Gasteiger partial charge in [0.05, 0.1) is 23.0 Å². The molecule has 0 saturated carbocycles. The van der Waals surface area contributed by atoms with E-state index in [1.807, 2.05) is 32.0 Å². The number of benzene rings is 3. The number of azo groups is 1. The summed E-state index contributed by atoms with van der Waals surface area (Å²) >= 11 is 0. The van der Waals surface area contributed by atoms with E-state index in [0.29, 0.717) is 22.5 Å². The largest absolute Gasteiger partial charge is 0.478 e. The van der Waals surface area contributed by atoms with Gasteiger partial charge in [0.2, 0.25) is 0 Å². The molecular formula is C33H38N5O8P. The summed E-state index contributed by atoms with van der Waals surface area (Å²) < 4.78 is 32.2. The molecule has 0 bridgehead atoms. The minimum atomic E-state index is -4.02. The molecule has 4 rings (SSSR count). The van der Waals surface area contributed by atoms with Gasteiger partial charge >= 0.3 is 19.5 Å². The van der Waals surface area contributed by atoms with Gasteiger partial charge in [-0.05, 0) is 88.6 Å². The molecule has 3 N–H and O–H groups in total. The lowest BCUT2D eigenvalue weighted by molar-refractivity contribution is -0.149. The van der Waals surface area contributed by atoms with E-state index >= 15 is 0 Å². The number of aryl methyl sites for hydroxylation is 3. The number of carbonyl (C=O) groups excluding carboxylic acids is 1. The first-order chi connectivity index (χ1) is 22.2. The van der Waals surface area contributed by atoms with Crippen LogP contribution < -0.4 is 15.2 Å². The molecular weight excluding hydrogens is 625 g/mol. The van der Waals surface area contributed by atoms with Crippen molar-refractivity contribution in [2.75, 3.05) is 13.5 Å². The summed E-state index contributed by atoms with van der Waals surface area (Å²) in [6.45, 7) is 10.5. The molecule has 0 saturated heterocycles. The molecule has 0 spiro atoms. The van der Waals surface area contributed by atoms with Crippen molar-refractivity contribution in [2.24, 2.45) is 10.2 Å². The van der Waals surface area contributed by atoms with Crippen molar-refractivity contribution in [3.63, 3.8) is 0 Å². The molecule has 47 heavy (non-hydrogen) atoms. The van der Waals surface area contributed by atoms with E-state index in [1.165, 1.54) is 30.8 Å². The lowest BCUT2D eigenvalue weighted by atomic mass is 10.0. The number of rotatable bonds is 13. The second kappa shape index (κ2) is 14.7. The maximum atomic E-state index is 14.2. The van der Waals surface area contributed by atoms with Gasteiger partial charge in [0, 0.05) is 12.7 Å². The number of hydrogen-bond acceptors (Lipinski definition) is 9. The number of aromatic nitrogens is 2. The highest BCUT2D eigenvalue weighted by Crippen LogP contribution is 2.50. The van der Waals surface area contributed by atoms with E-state index in [0.717, 1.165) is 11.1 Å². The lowest BCUT2D eigenvalue weighted by Crippen LogP contribution is -2.36. The highest BCUT2D eigenvalue weighted by atomic mass is 31.2. The predicted octanol–water partition coefficient (Wildman–Crippen LogP) is 6.98. The van der Waals surface area contributed by atoms with Crippen molar-refractivity contribution in [1.29, 1.82) is 0 Å². The van der Waals surface area contributed by atoms with Crippen LogP contribution in [0, 0.1) is 20.8 Å². The zero-order valence-corrected chi connectivity index (χ0v) is 28.1. The first-order valence-corrected chi connectivity index (χ1v) is 16.6. The molecule has 0 fully saturated rings. The highest BCUT2D eigenvalue weighted by molar-refractivity contribution is 7.57. The fraction of sp³-hybridized carbons (Fsp3) is 0.303. The topological polar surface area (TPSA) is 174 Å². The smallest absolute Gasteiger partial charge is 0.342 e. The SMILES string of the molecule is COCP(=O)(N[C@@H](C)C(=O)OC(C)C)Oc1c(N=Nc2c(C)[nH]n(-c3ccc(C)c(C)c3)c2=O)cccc1-c1cccc(C(=O)O)c1. The third-order valence-corrected chi connectivity index (χ3v) is 8.95. The van der Waals surface area contributed by atoms with Crippen LogP contribution >= 0.6 is 7.52 Å². The quantitative estimate of drug-likeness (QED) is 0.0775. The van der Waals surface area contributed by atoms with Crippen LogP contribution in [0.2, 0.25) is 0 Å². The van der Waals surface area contributed by atoms with Crippen LogP contribution in [-0.4, -0.2) is 52.4 Å². The molecule has 1 heterocycles. The number of H-pyrrole nitrogens is 1. The van der Waals surface area contributed by atoms with Gasteiger partial charge < -0.3 is 19.1 Å². The number of esters is 1. The maximum absolute atomic E-state index is 14.2. The van der Waals surface area contributed by atoms with Crippen molar-refractivity contribution in [3.8, 4) is 22.6 Å². The van der Waals surface area contributed by atoms with Crippen molar-refractivity contribution in [3.05, 3.63) is 93.4 Å². The molecule has 0 aliphatic heterocycles. The number of aromatic carboxylic acids is 1. The minimum absolute atomic E-state index is 0.0126. The maximum Gasteiger partial charge on any atom is 0.342 e. The van der Waals surface area contributed by atoms with Gasteiger partial charge in [0.1, 0.15) is 18.1 Å². The molecule has 0 aliphatic rings. The number of aromatic amines is 1. The lowest BCUT2D eigenvalue weighted by Gasteiger charge is -2.25. The Hall–Kier alpha value is -4.84. The normalized spacial score (nSPS) is 13.4. The van der Waals surface area contributed by atoms with E-state index in [9.17, 15) is 24.1 Å². The summed E-state index contributed by atoms with van der Waals surface area (Å²) in [7, 11) is -2.70. The van der Waals surface area contributed by atoms with Gasteiger partial charge in [-0.25, -0.2) is 14.6 Å². The van der Waals surface area contributed by atoms with E-state index < -0.39 is 43.5 Å². The third kappa shape index (κ3) is 8.31. The molecule has 4 aromatic rings. The Morgan fingerprint density at radius 3 is 2.38 bits per heavy atom. The fourth-order valence-electron chi connectivity index (χ4n) is 4.64. The summed E-state index contributed by atoms with van der Waals surface area (Å²) in [5.74, 6) is -1.83. The van der Waals surface area contributed by atoms with Crippen LogP contribution in [0.25, 0.3) is 16.8 Å². The second-order valence-corrected chi connectivity index (χ2v) is 13.3. The summed E-state index contributed by atoms with van der Waals surface area (Å²) in [5.41, 5.74) is 3.62. The number of carboxylic acids is 1. The number of nitrogens with zero attached hydrogens (tertiary/aromatic N) is 3. The summed E-state index contributed by atoms with van der Waals surface area (Å²) in [6, 6.07) is 15.5. The molecule has 2 atom stereocenters. The van der Waals surface area contributed by atoms with Crippen LogP contribution in [0.4, 0.5) is 11.4 Å². The van der Waals surface area contributed by atoms with Crippen LogP contribution in [-0.2, 0) is 18.8 Å². The number of carbonyl (C=O) groups is 2. The Morgan fingerprint density at radius 1 is 1.00 bits per heavy atom. The van der Waals surface area contributed by atoms with Crippen LogP contribution in [0.3, 0.4) is 0 Å². The Kier molecular flexibility index (Phi) is 11.0. The number of nitrogens with one attached hydrogen (secondary N) is 2. The van der Waals surface area contributed by atoms with Crippen molar-refractivity contribution in [1.82, 2.24) is 14.9 Å². The molecule has 13 nitrogen and oxygen atoms in total. The average Bonchev–Trinajstić information content (AvgIpc) is 3.30. The Bertz CT molecular complexity index is 1930. The van der Waals surface area contributed by atoms with Gasteiger partial charge in [-0.15, -0.1) is 10.2 Å². The molecule has 14 heteroatoms. The summed E-state index contributed by atoms with van der Waals surface area (Å²) in [5, 5.41) is 24.0. The van der Waals surface area contributed by atoms with E-state index in [-0.39, 0.29) is 22.7 Å². The van der Waals surface area contributed by atoms with Gasteiger partial charge in [0.15, 0.2) is 11.4 Å². The van der Waals surface area contributed by atoms with Crippen LogP contribution in [0.5, 0.6) is 5.75 Å². The molecule has 0 aliphatic carbocycles. The number of hydrogen-bond donors (Lipinski definition) is 3. The fourth-order valence-corrected chi connectivity index (χ4v) is 6.34. The Balaban J connectivity index is 1.83. The molecule has 0 radical (unpaired) electrons. The van der Waals surface area contributed by atoms with Crippen molar-refractivity contribution >= 4 is 30.8 Å². The van der Waals surface area contributed by atoms with Crippen LogP contribution in [0.15, 0.2) is 75.7 Å². The molecule has 3 aromatic carbocycles. The van der Waals surface area contributed by atoms with E-state index in [2.05, 4.69) is 20.4 Å². The first kappa shape index (κ1) is 35.0. The summed E-state index contributed by atoms with van der Waals surface area (Å²) in [6.07, 6.45) is -0.843. The van der Waals surface area contributed by atoms with Gasteiger partial charge in [-0.2, -0.15) is 0 Å². The highest BCUT2D eigenvalue weighted by Gasteiger charge is 2.33. The number of ether oxygens (including phenoxy) is 2. The van der Waals surface area contributed by atoms with Gasteiger partial charge in [-0.3, -0.25) is 19.3 Å². The van der Waals surface area contributed by atoms with Gasteiger partial charge in [-0.1, -0.05) is 30.3 Å². The van der Waals surface area contributed by atoms with Crippen molar-refractivity contribution in [2.45, 2.75) is 53.7 Å². The first-order valence-electron chi connectivity index (χ1n) is 14.8. The molecule has 0 amide bonds. The van der Waals surface area contributed by atoms with Gasteiger partial charge in [0.25, 0.3) is 5.56 Å². The van der Waals surface area contributed by atoms with Crippen molar-refractivity contribution < 1.29 is 33.3 Å².